The van der Waals surface area contributed by atoms with Crippen LogP contribution >= 0.6 is 0 Å². The zero-order valence-corrected chi connectivity index (χ0v) is 13.7. The van der Waals surface area contributed by atoms with Crippen LogP contribution in [0.4, 0.5) is 5.69 Å². The highest BCUT2D eigenvalue weighted by Gasteiger charge is 2.13. The van der Waals surface area contributed by atoms with Crippen LogP contribution in [0, 0.1) is 0 Å². The highest BCUT2D eigenvalue weighted by atomic mass is 16.4. The molecule has 0 aliphatic heterocycles. The maximum absolute atomic E-state index is 11.8. The van der Waals surface area contributed by atoms with Crippen LogP contribution < -0.4 is 5.32 Å². The Morgan fingerprint density at radius 1 is 0.920 bits per heavy atom. The minimum atomic E-state index is -0.984. The second kappa shape index (κ2) is 7.01. The summed E-state index contributed by atoms with van der Waals surface area (Å²) in [7, 11) is 0. The number of hydrogen-bond donors (Lipinski definition) is 2. The van der Waals surface area contributed by atoms with E-state index in [1.165, 1.54) is 6.92 Å². The number of amides is 1. The Kier molecular flexibility index (Phi) is 4.61. The first-order chi connectivity index (χ1) is 12.0. The summed E-state index contributed by atoms with van der Waals surface area (Å²) in [5.41, 5.74) is 2.33. The van der Waals surface area contributed by atoms with E-state index in [9.17, 15) is 14.7 Å². The fourth-order valence-electron chi connectivity index (χ4n) is 2.75. The molecule has 0 fully saturated rings. The standard InChI is InChI=1S/C21H17NO3/c1-14(23)22-17-11-9-15(10-12-17)13-20(21(24)25)19-8-4-6-16-5-2-3-7-18(16)19/h2-13H,1H3,(H,22,23)(H,24,25). The molecule has 0 aromatic heterocycles. The van der Waals surface area contributed by atoms with E-state index in [0.717, 1.165) is 16.3 Å². The molecule has 0 bridgehead atoms. The second-order valence-corrected chi connectivity index (χ2v) is 5.69. The number of carbonyl (C=O) groups is 2. The predicted molar refractivity (Wildman–Crippen MR) is 100 cm³/mol. The molecule has 124 valence electrons. The minimum absolute atomic E-state index is 0.148. The van der Waals surface area contributed by atoms with Gasteiger partial charge in [-0.05, 0) is 40.1 Å². The highest BCUT2D eigenvalue weighted by molar-refractivity contribution is 6.23. The first-order valence-electron chi connectivity index (χ1n) is 7.85. The molecule has 25 heavy (non-hydrogen) atoms. The van der Waals surface area contributed by atoms with Crippen molar-refractivity contribution in [1.82, 2.24) is 0 Å². The number of fused-ring (bicyclic) bond motifs is 1. The molecule has 0 radical (unpaired) electrons. The van der Waals surface area contributed by atoms with E-state index in [1.54, 1.807) is 30.3 Å². The van der Waals surface area contributed by atoms with Gasteiger partial charge in [0.15, 0.2) is 0 Å². The number of aliphatic carboxylic acids is 1. The van der Waals surface area contributed by atoms with E-state index in [2.05, 4.69) is 5.32 Å². The van der Waals surface area contributed by atoms with E-state index < -0.39 is 5.97 Å². The summed E-state index contributed by atoms with van der Waals surface area (Å²) in [5.74, 6) is -1.13. The molecule has 0 atom stereocenters. The SMILES string of the molecule is CC(=O)Nc1ccc(C=C(C(=O)O)c2cccc3ccccc23)cc1. The fourth-order valence-corrected chi connectivity index (χ4v) is 2.75. The van der Waals surface area contributed by atoms with Crippen LogP contribution in [0.15, 0.2) is 66.7 Å². The van der Waals surface area contributed by atoms with Crippen LogP contribution in [0.5, 0.6) is 0 Å². The molecule has 0 spiro atoms. The predicted octanol–water partition coefficient (Wildman–Crippen LogP) is 4.42. The van der Waals surface area contributed by atoms with Crippen molar-refractivity contribution in [2.75, 3.05) is 5.32 Å². The summed E-state index contributed by atoms with van der Waals surface area (Å²) in [6.45, 7) is 1.44. The Morgan fingerprint density at radius 3 is 2.28 bits per heavy atom. The Hall–Kier alpha value is -3.40. The van der Waals surface area contributed by atoms with Crippen LogP contribution in [-0.4, -0.2) is 17.0 Å². The normalized spacial score (nSPS) is 11.3. The summed E-state index contributed by atoms with van der Waals surface area (Å²) in [6.07, 6.45) is 1.64. The molecule has 0 unspecified atom stereocenters. The molecule has 2 N–H and O–H groups in total. The number of carbonyl (C=O) groups excluding carboxylic acids is 1. The largest absolute Gasteiger partial charge is 0.478 e. The van der Waals surface area contributed by atoms with Gasteiger partial charge in [0.05, 0.1) is 5.57 Å². The van der Waals surface area contributed by atoms with Gasteiger partial charge in [-0.2, -0.15) is 0 Å². The average molecular weight is 331 g/mol. The molecule has 0 saturated heterocycles. The van der Waals surface area contributed by atoms with Crippen molar-refractivity contribution in [3.8, 4) is 0 Å². The molecule has 3 rings (SSSR count). The Morgan fingerprint density at radius 2 is 1.60 bits per heavy atom. The third-order valence-corrected chi connectivity index (χ3v) is 3.85. The first-order valence-corrected chi connectivity index (χ1v) is 7.85. The van der Waals surface area contributed by atoms with Crippen LogP contribution in [0.2, 0.25) is 0 Å². The van der Waals surface area contributed by atoms with Crippen molar-refractivity contribution >= 4 is 40.0 Å². The number of benzene rings is 3. The summed E-state index contributed by atoms with van der Waals surface area (Å²) in [6, 6.07) is 20.4. The molecular weight excluding hydrogens is 314 g/mol. The lowest BCUT2D eigenvalue weighted by Gasteiger charge is -2.08. The number of anilines is 1. The zero-order chi connectivity index (χ0) is 17.8. The van der Waals surface area contributed by atoms with E-state index in [0.29, 0.717) is 11.3 Å². The Balaban J connectivity index is 2.05. The zero-order valence-electron chi connectivity index (χ0n) is 13.7. The third kappa shape index (κ3) is 3.75. The number of hydrogen-bond acceptors (Lipinski definition) is 2. The van der Waals surface area contributed by atoms with Gasteiger partial charge >= 0.3 is 5.97 Å². The molecule has 0 heterocycles. The highest BCUT2D eigenvalue weighted by Crippen LogP contribution is 2.27. The van der Waals surface area contributed by atoms with Gasteiger partial charge in [-0.25, -0.2) is 4.79 Å². The van der Waals surface area contributed by atoms with Crippen LogP contribution in [0.3, 0.4) is 0 Å². The lowest BCUT2D eigenvalue weighted by Crippen LogP contribution is -2.05. The van der Waals surface area contributed by atoms with E-state index in [-0.39, 0.29) is 11.5 Å². The van der Waals surface area contributed by atoms with Crippen molar-refractivity contribution in [3.63, 3.8) is 0 Å². The van der Waals surface area contributed by atoms with Crippen molar-refractivity contribution < 1.29 is 14.7 Å². The lowest BCUT2D eigenvalue weighted by atomic mass is 9.96. The summed E-state index contributed by atoms with van der Waals surface area (Å²) < 4.78 is 0. The van der Waals surface area contributed by atoms with Gasteiger partial charge in [-0.15, -0.1) is 0 Å². The van der Waals surface area contributed by atoms with Gasteiger partial charge in [0, 0.05) is 12.6 Å². The van der Waals surface area contributed by atoms with Crippen molar-refractivity contribution in [2.24, 2.45) is 0 Å². The first kappa shape index (κ1) is 16.5. The maximum atomic E-state index is 11.8. The van der Waals surface area contributed by atoms with Crippen LogP contribution in [-0.2, 0) is 9.59 Å². The smallest absolute Gasteiger partial charge is 0.336 e. The summed E-state index contributed by atoms with van der Waals surface area (Å²) in [4.78, 5) is 22.9. The second-order valence-electron chi connectivity index (χ2n) is 5.69. The van der Waals surface area contributed by atoms with Gasteiger partial charge < -0.3 is 10.4 Å². The van der Waals surface area contributed by atoms with Crippen molar-refractivity contribution in [2.45, 2.75) is 6.92 Å². The van der Waals surface area contributed by atoms with E-state index >= 15 is 0 Å². The Bertz CT molecular complexity index is 967. The van der Waals surface area contributed by atoms with E-state index in [1.807, 2.05) is 42.5 Å². The lowest BCUT2D eigenvalue weighted by molar-refractivity contribution is -0.130. The summed E-state index contributed by atoms with van der Waals surface area (Å²) in [5, 5.41) is 14.3. The quantitative estimate of drug-likeness (QED) is 0.549. The van der Waals surface area contributed by atoms with Crippen molar-refractivity contribution in [3.05, 3.63) is 77.9 Å². The molecule has 3 aromatic carbocycles. The van der Waals surface area contributed by atoms with Gasteiger partial charge in [0.2, 0.25) is 5.91 Å². The number of carboxylic acid groups (broad SMARTS) is 1. The fraction of sp³-hybridized carbons (Fsp3) is 0.0476. The molecule has 0 aliphatic carbocycles. The maximum Gasteiger partial charge on any atom is 0.336 e. The molecule has 0 saturated carbocycles. The van der Waals surface area contributed by atoms with Crippen molar-refractivity contribution in [1.29, 1.82) is 0 Å². The van der Waals surface area contributed by atoms with Crippen LogP contribution in [0.1, 0.15) is 18.1 Å². The summed E-state index contributed by atoms with van der Waals surface area (Å²) >= 11 is 0. The topological polar surface area (TPSA) is 66.4 Å². The third-order valence-electron chi connectivity index (χ3n) is 3.85. The minimum Gasteiger partial charge on any atom is -0.478 e. The molecule has 3 aromatic rings. The monoisotopic (exact) mass is 331 g/mol. The molecule has 4 nitrogen and oxygen atoms in total. The number of carboxylic acids is 1. The molecular formula is C21H17NO3. The van der Waals surface area contributed by atoms with Gasteiger partial charge in [0.25, 0.3) is 0 Å². The molecule has 1 amide bonds. The molecule has 0 aliphatic rings. The average Bonchev–Trinajstić information content (AvgIpc) is 2.60. The molecule has 4 heteroatoms. The van der Waals surface area contributed by atoms with Gasteiger partial charge in [0.1, 0.15) is 0 Å². The number of nitrogens with one attached hydrogen (secondary N) is 1. The Labute approximate surface area is 145 Å². The van der Waals surface area contributed by atoms with Gasteiger partial charge in [-0.1, -0.05) is 54.6 Å². The number of rotatable bonds is 4. The van der Waals surface area contributed by atoms with Gasteiger partial charge in [-0.3, -0.25) is 4.79 Å². The van der Waals surface area contributed by atoms with E-state index in [4.69, 9.17) is 0 Å². The van der Waals surface area contributed by atoms with Crippen LogP contribution in [0.25, 0.3) is 22.4 Å².